The Kier molecular flexibility index (Phi) is 7.02. The number of ether oxygens (including phenoxy) is 1. The molecule has 0 aliphatic heterocycles. The summed E-state index contributed by atoms with van der Waals surface area (Å²) in [5.74, 6) is 0.452. The molecule has 5 heteroatoms. The third-order valence-corrected chi connectivity index (χ3v) is 3.19. The lowest BCUT2D eigenvalue weighted by molar-refractivity contribution is -0.274. The van der Waals surface area contributed by atoms with Gasteiger partial charge < -0.3 is 10.1 Å². The number of halogens is 3. The highest BCUT2D eigenvalue weighted by molar-refractivity contribution is 5.27. The van der Waals surface area contributed by atoms with Crippen LogP contribution in [0.15, 0.2) is 24.3 Å². The molecule has 120 valence electrons. The summed E-state index contributed by atoms with van der Waals surface area (Å²) in [7, 11) is 0. The molecule has 2 nitrogen and oxygen atoms in total. The maximum atomic E-state index is 12.1. The largest absolute Gasteiger partial charge is 0.573 e. The molecule has 0 aliphatic rings. The van der Waals surface area contributed by atoms with Crippen molar-refractivity contribution in [2.75, 3.05) is 6.54 Å². The van der Waals surface area contributed by atoms with Gasteiger partial charge in [0.05, 0.1) is 0 Å². The van der Waals surface area contributed by atoms with Crippen molar-refractivity contribution in [3.8, 4) is 5.75 Å². The topological polar surface area (TPSA) is 21.3 Å². The number of aryl methyl sites for hydroxylation is 1. The minimum absolute atomic E-state index is 0.170. The number of nitrogens with one attached hydrogen (secondary N) is 1. The maximum Gasteiger partial charge on any atom is 0.573 e. The fraction of sp³-hybridized carbons (Fsp3) is 0.625. The molecular weight excluding hydrogens is 279 g/mol. The van der Waals surface area contributed by atoms with Gasteiger partial charge in [-0.1, -0.05) is 32.9 Å². The molecule has 0 aromatic heterocycles. The Morgan fingerprint density at radius 3 is 2.24 bits per heavy atom. The van der Waals surface area contributed by atoms with Gasteiger partial charge in [-0.3, -0.25) is 0 Å². The molecule has 0 spiro atoms. The van der Waals surface area contributed by atoms with Crippen molar-refractivity contribution in [1.82, 2.24) is 5.32 Å². The number of alkyl halides is 3. The van der Waals surface area contributed by atoms with Crippen LogP contribution in [0.25, 0.3) is 0 Å². The minimum Gasteiger partial charge on any atom is -0.406 e. The standard InChI is InChI=1S/C16H24F3NO/c1-4-20-14(11-12(2)3)8-5-13-6-9-15(10-7-13)21-16(17,18)19/h6-7,9-10,12,14,20H,4-5,8,11H2,1-3H3. The van der Waals surface area contributed by atoms with Gasteiger partial charge in [-0.05, 0) is 49.4 Å². The lowest BCUT2D eigenvalue weighted by Gasteiger charge is -2.20. The van der Waals surface area contributed by atoms with Gasteiger partial charge >= 0.3 is 6.36 Å². The van der Waals surface area contributed by atoms with Crippen LogP contribution in [0, 0.1) is 5.92 Å². The van der Waals surface area contributed by atoms with Gasteiger partial charge in [-0.25, -0.2) is 0 Å². The quantitative estimate of drug-likeness (QED) is 0.761. The maximum absolute atomic E-state index is 12.1. The molecule has 1 rings (SSSR count). The highest BCUT2D eigenvalue weighted by Crippen LogP contribution is 2.23. The Labute approximate surface area is 124 Å². The number of hydrogen-bond donors (Lipinski definition) is 1. The fourth-order valence-corrected chi connectivity index (χ4v) is 2.36. The number of hydrogen-bond acceptors (Lipinski definition) is 2. The molecule has 1 aromatic carbocycles. The number of benzene rings is 1. The van der Waals surface area contributed by atoms with E-state index in [1.165, 1.54) is 12.1 Å². The fourth-order valence-electron chi connectivity index (χ4n) is 2.36. The van der Waals surface area contributed by atoms with Crippen LogP contribution >= 0.6 is 0 Å². The van der Waals surface area contributed by atoms with Crippen LogP contribution in [-0.2, 0) is 6.42 Å². The smallest absolute Gasteiger partial charge is 0.406 e. The van der Waals surface area contributed by atoms with Gasteiger partial charge in [0.25, 0.3) is 0 Å². The highest BCUT2D eigenvalue weighted by Gasteiger charge is 2.30. The van der Waals surface area contributed by atoms with Crippen molar-refractivity contribution >= 4 is 0 Å². The molecule has 0 saturated carbocycles. The zero-order valence-corrected chi connectivity index (χ0v) is 12.8. The van der Waals surface area contributed by atoms with Crippen molar-refractivity contribution in [3.63, 3.8) is 0 Å². The van der Waals surface area contributed by atoms with E-state index < -0.39 is 6.36 Å². The molecular formula is C16H24F3NO. The highest BCUT2D eigenvalue weighted by atomic mass is 19.4. The molecule has 0 bridgehead atoms. The van der Waals surface area contributed by atoms with Crippen LogP contribution in [0.5, 0.6) is 5.75 Å². The van der Waals surface area contributed by atoms with Crippen LogP contribution in [0.1, 0.15) is 39.2 Å². The summed E-state index contributed by atoms with van der Waals surface area (Å²) in [4.78, 5) is 0. The lowest BCUT2D eigenvalue weighted by atomic mass is 9.97. The van der Waals surface area contributed by atoms with Crippen LogP contribution in [-0.4, -0.2) is 18.9 Å². The Balaban J connectivity index is 2.50. The molecule has 0 amide bonds. The first-order valence-electron chi connectivity index (χ1n) is 7.38. The molecule has 0 saturated heterocycles. The third kappa shape index (κ3) is 7.95. The van der Waals surface area contributed by atoms with Gasteiger partial charge in [-0.15, -0.1) is 13.2 Å². The first-order valence-corrected chi connectivity index (χ1v) is 7.38. The van der Waals surface area contributed by atoms with E-state index in [1.54, 1.807) is 12.1 Å². The van der Waals surface area contributed by atoms with Crippen LogP contribution in [0.4, 0.5) is 13.2 Å². The van der Waals surface area contributed by atoms with Crippen molar-refractivity contribution in [2.24, 2.45) is 5.92 Å². The summed E-state index contributed by atoms with van der Waals surface area (Å²) >= 11 is 0. The Hall–Kier alpha value is -1.23. The van der Waals surface area contributed by atoms with Gasteiger partial charge in [0.15, 0.2) is 0 Å². The van der Waals surface area contributed by atoms with E-state index in [-0.39, 0.29) is 5.75 Å². The molecule has 1 N–H and O–H groups in total. The van der Waals surface area contributed by atoms with E-state index in [2.05, 4.69) is 30.8 Å². The van der Waals surface area contributed by atoms with Crippen LogP contribution in [0.2, 0.25) is 0 Å². The third-order valence-electron chi connectivity index (χ3n) is 3.19. The monoisotopic (exact) mass is 303 g/mol. The van der Waals surface area contributed by atoms with E-state index in [9.17, 15) is 13.2 Å². The SMILES string of the molecule is CCNC(CCc1ccc(OC(F)(F)F)cc1)CC(C)C. The van der Waals surface area contributed by atoms with E-state index in [1.807, 2.05) is 0 Å². The summed E-state index contributed by atoms with van der Waals surface area (Å²) in [5, 5.41) is 3.45. The molecule has 0 radical (unpaired) electrons. The van der Waals surface area contributed by atoms with Gasteiger partial charge in [0.1, 0.15) is 5.75 Å². The summed E-state index contributed by atoms with van der Waals surface area (Å²) in [6.45, 7) is 7.38. The Morgan fingerprint density at radius 2 is 1.76 bits per heavy atom. The summed E-state index contributed by atoms with van der Waals surface area (Å²) in [5.41, 5.74) is 1.02. The Bertz CT molecular complexity index is 401. The summed E-state index contributed by atoms with van der Waals surface area (Å²) in [6.07, 6.45) is -1.71. The van der Waals surface area contributed by atoms with Crippen LogP contribution < -0.4 is 10.1 Å². The summed E-state index contributed by atoms with van der Waals surface area (Å²) < 4.78 is 40.1. The average molecular weight is 303 g/mol. The lowest BCUT2D eigenvalue weighted by Crippen LogP contribution is -2.30. The van der Waals surface area contributed by atoms with Crippen molar-refractivity contribution in [1.29, 1.82) is 0 Å². The molecule has 0 aliphatic carbocycles. The predicted octanol–water partition coefficient (Wildman–Crippen LogP) is 4.54. The zero-order chi connectivity index (χ0) is 15.9. The van der Waals surface area contributed by atoms with Crippen molar-refractivity contribution in [3.05, 3.63) is 29.8 Å². The summed E-state index contributed by atoms with van der Waals surface area (Å²) in [6, 6.07) is 6.57. The molecule has 21 heavy (non-hydrogen) atoms. The second-order valence-corrected chi connectivity index (χ2v) is 5.61. The average Bonchev–Trinajstić information content (AvgIpc) is 2.35. The van der Waals surface area contributed by atoms with Crippen molar-refractivity contribution < 1.29 is 17.9 Å². The van der Waals surface area contributed by atoms with Gasteiger partial charge in [0, 0.05) is 6.04 Å². The van der Waals surface area contributed by atoms with E-state index >= 15 is 0 Å². The first-order chi connectivity index (χ1) is 9.80. The predicted molar refractivity (Wildman–Crippen MR) is 78.4 cm³/mol. The molecule has 0 heterocycles. The Morgan fingerprint density at radius 1 is 1.14 bits per heavy atom. The van der Waals surface area contributed by atoms with E-state index in [4.69, 9.17) is 0 Å². The second kappa shape index (κ2) is 8.27. The molecule has 1 aromatic rings. The number of rotatable bonds is 8. The minimum atomic E-state index is -4.63. The molecule has 1 atom stereocenters. The van der Waals surface area contributed by atoms with Gasteiger partial charge in [0.2, 0.25) is 0 Å². The van der Waals surface area contributed by atoms with E-state index in [0.29, 0.717) is 12.0 Å². The van der Waals surface area contributed by atoms with Gasteiger partial charge in [-0.2, -0.15) is 0 Å². The first kappa shape index (κ1) is 17.8. The second-order valence-electron chi connectivity index (χ2n) is 5.61. The van der Waals surface area contributed by atoms with Crippen molar-refractivity contribution in [2.45, 2.75) is 52.4 Å². The molecule has 1 unspecified atom stereocenters. The van der Waals surface area contributed by atoms with E-state index in [0.717, 1.165) is 31.4 Å². The van der Waals surface area contributed by atoms with Crippen LogP contribution in [0.3, 0.4) is 0 Å². The normalized spacial score (nSPS) is 13.5. The zero-order valence-electron chi connectivity index (χ0n) is 12.8. The molecule has 0 fully saturated rings.